The van der Waals surface area contributed by atoms with Crippen LogP contribution in [0.5, 0.6) is 0 Å². The second-order valence-electron chi connectivity index (χ2n) is 11.9. The molecule has 0 saturated carbocycles. The van der Waals surface area contributed by atoms with Gasteiger partial charge in [-0.1, -0.05) is 116 Å². The van der Waals surface area contributed by atoms with Gasteiger partial charge in [0.2, 0.25) is 0 Å². The number of unbranched alkanes of at least 4 members (excludes halogenated alkanes) is 17. The Labute approximate surface area is 273 Å². The molecule has 0 spiro atoms. The van der Waals surface area contributed by atoms with Crippen LogP contribution < -0.4 is 0 Å². The molecule has 0 amide bonds. The first-order valence-electron chi connectivity index (χ1n) is 17.6. The molecule has 0 aromatic heterocycles. The van der Waals surface area contributed by atoms with Gasteiger partial charge in [-0.15, -0.1) is 0 Å². The number of aliphatic hydroxyl groups excluding tert-OH is 2. The third kappa shape index (κ3) is 31.1. The van der Waals surface area contributed by atoms with E-state index in [1.165, 1.54) is 57.8 Å². The molecule has 0 aliphatic heterocycles. The van der Waals surface area contributed by atoms with Crippen LogP contribution in [0.4, 0.5) is 0 Å². The van der Waals surface area contributed by atoms with E-state index < -0.39 is 51.8 Å². The van der Waals surface area contributed by atoms with Crippen molar-refractivity contribution in [3.05, 3.63) is 12.2 Å². The molecule has 0 aromatic rings. The maximum atomic E-state index is 12.5. The maximum absolute atomic E-state index is 12.5. The highest BCUT2D eigenvalue weighted by molar-refractivity contribution is 7.47. The SMILES string of the molecule is CCCCCC/C=C/CCCCCCCC(=O)O[C@H](COC(=O)CCCCCCCCCCC)COP(=O)(O)OC[C@@H](O)CO. The summed E-state index contributed by atoms with van der Waals surface area (Å²) in [6.07, 6.45) is 24.8. The zero-order valence-electron chi connectivity index (χ0n) is 28.3. The molecule has 3 N–H and O–H groups in total. The zero-order valence-corrected chi connectivity index (χ0v) is 29.2. The molecular weight excluding hydrogens is 599 g/mol. The Morgan fingerprint density at radius 3 is 1.62 bits per heavy atom. The summed E-state index contributed by atoms with van der Waals surface area (Å²) in [5, 5.41) is 18.2. The molecule has 45 heavy (non-hydrogen) atoms. The van der Waals surface area contributed by atoms with Gasteiger partial charge in [-0.3, -0.25) is 18.6 Å². The van der Waals surface area contributed by atoms with Crippen molar-refractivity contribution in [3.8, 4) is 0 Å². The van der Waals surface area contributed by atoms with E-state index in [0.717, 1.165) is 57.8 Å². The van der Waals surface area contributed by atoms with Gasteiger partial charge in [0, 0.05) is 12.8 Å². The predicted octanol–water partition coefficient (Wildman–Crippen LogP) is 8.11. The quantitative estimate of drug-likeness (QED) is 0.0272. The number of phosphoric ester groups is 1. The molecule has 0 bridgehead atoms. The Bertz CT molecular complexity index is 776. The molecule has 0 aliphatic carbocycles. The van der Waals surface area contributed by atoms with Crippen molar-refractivity contribution >= 4 is 19.8 Å². The molecule has 10 nitrogen and oxygen atoms in total. The van der Waals surface area contributed by atoms with Crippen LogP contribution in [0.25, 0.3) is 0 Å². The van der Waals surface area contributed by atoms with Crippen LogP contribution >= 0.6 is 7.82 Å². The molecule has 0 fully saturated rings. The smallest absolute Gasteiger partial charge is 0.462 e. The number of esters is 2. The minimum Gasteiger partial charge on any atom is -0.462 e. The lowest BCUT2D eigenvalue weighted by Crippen LogP contribution is -2.29. The fourth-order valence-corrected chi connectivity index (χ4v) is 5.42. The summed E-state index contributed by atoms with van der Waals surface area (Å²) in [6, 6.07) is 0. The van der Waals surface area contributed by atoms with Crippen molar-refractivity contribution in [1.29, 1.82) is 0 Å². The first kappa shape index (κ1) is 43.7. The highest BCUT2D eigenvalue weighted by atomic mass is 31.2. The monoisotopic (exact) mass is 664 g/mol. The van der Waals surface area contributed by atoms with Gasteiger partial charge in [0.15, 0.2) is 6.10 Å². The highest BCUT2D eigenvalue weighted by Crippen LogP contribution is 2.43. The fourth-order valence-electron chi connectivity index (χ4n) is 4.63. The average Bonchev–Trinajstić information content (AvgIpc) is 3.02. The van der Waals surface area contributed by atoms with Crippen LogP contribution in [-0.4, -0.2) is 65.7 Å². The van der Waals surface area contributed by atoms with Crippen LogP contribution in [0.15, 0.2) is 12.2 Å². The number of hydrogen-bond acceptors (Lipinski definition) is 9. The third-order valence-electron chi connectivity index (χ3n) is 7.42. The summed E-state index contributed by atoms with van der Waals surface area (Å²) in [6.45, 7) is 2.31. The molecule has 266 valence electrons. The molecule has 0 rings (SSSR count). The van der Waals surface area contributed by atoms with Gasteiger partial charge in [0.05, 0.1) is 19.8 Å². The van der Waals surface area contributed by atoms with Gasteiger partial charge < -0.3 is 24.6 Å². The Morgan fingerprint density at radius 1 is 0.644 bits per heavy atom. The highest BCUT2D eigenvalue weighted by Gasteiger charge is 2.27. The molecule has 0 radical (unpaired) electrons. The molecule has 0 aromatic carbocycles. The zero-order chi connectivity index (χ0) is 33.4. The van der Waals surface area contributed by atoms with Gasteiger partial charge in [-0.05, 0) is 38.5 Å². The maximum Gasteiger partial charge on any atom is 0.472 e. The van der Waals surface area contributed by atoms with Gasteiger partial charge >= 0.3 is 19.8 Å². The molecule has 1 unspecified atom stereocenters. The van der Waals surface area contributed by atoms with Crippen molar-refractivity contribution in [2.75, 3.05) is 26.4 Å². The largest absolute Gasteiger partial charge is 0.472 e. The van der Waals surface area contributed by atoms with E-state index in [1.807, 2.05) is 0 Å². The van der Waals surface area contributed by atoms with Gasteiger partial charge in [0.1, 0.15) is 12.7 Å². The predicted molar refractivity (Wildman–Crippen MR) is 178 cm³/mol. The summed E-state index contributed by atoms with van der Waals surface area (Å²) in [5.41, 5.74) is 0. The second kappa shape index (κ2) is 31.3. The normalized spacial score (nSPS) is 14.3. The number of ether oxygens (including phenoxy) is 2. The summed E-state index contributed by atoms with van der Waals surface area (Å²) in [7, 11) is -4.60. The van der Waals surface area contributed by atoms with E-state index in [4.69, 9.17) is 19.1 Å². The molecular formula is C34H65O10P. The number of carbonyl (C=O) groups excluding carboxylic acids is 2. The molecule has 0 aliphatic rings. The number of aliphatic hydroxyl groups is 2. The minimum atomic E-state index is -4.60. The first-order chi connectivity index (χ1) is 21.7. The van der Waals surface area contributed by atoms with Gasteiger partial charge in [-0.25, -0.2) is 4.57 Å². The number of allylic oxidation sites excluding steroid dienone is 2. The Hall–Kier alpha value is -1.29. The summed E-state index contributed by atoms with van der Waals surface area (Å²) in [5.74, 6) is -0.936. The van der Waals surface area contributed by atoms with Crippen molar-refractivity contribution in [3.63, 3.8) is 0 Å². The van der Waals surface area contributed by atoms with Crippen LogP contribution in [0.3, 0.4) is 0 Å². The molecule has 0 heterocycles. The van der Waals surface area contributed by atoms with Crippen molar-refractivity contribution in [2.24, 2.45) is 0 Å². The van der Waals surface area contributed by atoms with Crippen molar-refractivity contribution in [2.45, 2.75) is 167 Å². The summed E-state index contributed by atoms with van der Waals surface area (Å²) < 4.78 is 32.4. The van der Waals surface area contributed by atoms with E-state index >= 15 is 0 Å². The van der Waals surface area contributed by atoms with E-state index in [2.05, 4.69) is 30.5 Å². The number of rotatable bonds is 33. The lowest BCUT2D eigenvalue weighted by atomic mass is 10.1. The van der Waals surface area contributed by atoms with E-state index in [1.54, 1.807) is 0 Å². The van der Waals surface area contributed by atoms with E-state index in [9.17, 15) is 24.2 Å². The van der Waals surface area contributed by atoms with E-state index in [0.29, 0.717) is 12.8 Å². The fraction of sp³-hybridized carbons (Fsp3) is 0.882. The summed E-state index contributed by atoms with van der Waals surface area (Å²) in [4.78, 5) is 34.6. The first-order valence-corrected chi connectivity index (χ1v) is 19.1. The van der Waals surface area contributed by atoms with Crippen LogP contribution in [0.1, 0.15) is 155 Å². The summed E-state index contributed by atoms with van der Waals surface area (Å²) >= 11 is 0. The second-order valence-corrected chi connectivity index (χ2v) is 13.4. The number of carbonyl (C=O) groups is 2. The Morgan fingerprint density at radius 2 is 1.09 bits per heavy atom. The lowest BCUT2D eigenvalue weighted by Gasteiger charge is -2.20. The Balaban J connectivity index is 4.42. The van der Waals surface area contributed by atoms with Gasteiger partial charge in [0.25, 0.3) is 0 Å². The third-order valence-corrected chi connectivity index (χ3v) is 8.37. The van der Waals surface area contributed by atoms with Crippen LogP contribution in [0.2, 0.25) is 0 Å². The topological polar surface area (TPSA) is 149 Å². The minimum absolute atomic E-state index is 0.177. The Kier molecular flexibility index (Phi) is 30.4. The molecule has 0 saturated heterocycles. The van der Waals surface area contributed by atoms with E-state index in [-0.39, 0.29) is 19.4 Å². The van der Waals surface area contributed by atoms with Crippen LogP contribution in [-0.2, 0) is 32.7 Å². The lowest BCUT2D eigenvalue weighted by molar-refractivity contribution is -0.161. The standard InChI is InChI=1S/C34H65O10P/c1-3-5-7-9-11-13-14-15-16-18-20-22-24-26-34(38)44-32(30-43-45(39,40)42-28-31(36)27-35)29-41-33(37)25-23-21-19-17-12-10-8-6-4-2/h13-14,31-32,35-36H,3-12,15-30H2,1-2H3,(H,39,40)/b14-13+/t31-,32+/m0/s1. The number of phosphoric acid groups is 1. The van der Waals surface area contributed by atoms with Gasteiger partial charge in [-0.2, -0.15) is 0 Å². The van der Waals surface area contributed by atoms with Crippen molar-refractivity contribution in [1.82, 2.24) is 0 Å². The van der Waals surface area contributed by atoms with Crippen molar-refractivity contribution < 1.29 is 47.8 Å². The number of hydrogen-bond donors (Lipinski definition) is 3. The van der Waals surface area contributed by atoms with Crippen LogP contribution in [0, 0.1) is 0 Å². The molecule has 3 atom stereocenters. The average molecular weight is 665 g/mol. The molecule has 11 heteroatoms.